The highest BCUT2D eigenvalue weighted by atomic mass is 16.3. The van der Waals surface area contributed by atoms with Crippen molar-refractivity contribution in [1.29, 1.82) is 0 Å². The third-order valence-corrected chi connectivity index (χ3v) is 3.70. The van der Waals surface area contributed by atoms with E-state index in [1.165, 1.54) is 0 Å². The number of aliphatic hydroxyl groups is 1. The van der Waals surface area contributed by atoms with Gasteiger partial charge in [-0.3, -0.25) is 9.78 Å². The SMILES string of the molecule is Cc1ccc(C(=O)C(O)Cc2ccc3ccccc3n2)cc1. The van der Waals surface area contributed by atoms with Crippen LogP contribution in [0.2, 0.25) is 0 Å². The Balaban J connectivity index is 1.78. The average Bonchev–Trinajstić information content (AvgIpc) is 2.55. The molecule has 1 N–H and O–H groups in total. The number of fused-ring (bicyclic) bond motifs is 1. The topological polar surface area (TPSA) is 50.2 Å². The summed E-state index contributed by atoms with van der Waals surface area (Å²) in [6, 6.07) is 18.8. The molecule has 0 aliphatic carbocycles. The van der Waals surface area contributed by atoms with E-state index in [1.807, 2.05) is 55.5 Å². The molecule has 3 nitrogen and oxygen atoms in total. The summed E-state index contributed by atoms with van der Waals surface area (Å²) in [4.78, 5) is 16.7. The molecule has 1 aromatic heterocycles. The molecule has 0 saturated carbocycles. The van der Waals surface area contributed by atoms with E-state index in [0.29, 0.717) is 11.3 Å². The third-order valence-electron chi connectivity index (χ3n) is 3.70. The van der Waals surface area contributed by atoms with Crippen molar-refractivity contribution in [1.82, 2.24) is 4.98 Å². The Morgan fingerprint density at radius 1 is 1.05 bits per heavy atom. The molecule has 0 aliphatic rings. The summed E-state index contributed by atoms with van der Waals surface area (Å²) in [5, 5.41) is 11.2. The van der Waals surface area contributed by atoms with E-state index in [-0.39, 0.29) is 12.2 Å². The van der Waals surface area contributed by atoms with Crippen molar-refractivity contribution in [2.45, 2.75) is 19.4 Å². The Morgan fingerprint density at radius 2 is 1.77 bits per heavy atom. The van der Waals surface area contributed by atoms with Gasteiger partial charge in [0.1, 0.15) is 6.10 Å². The lowest BCUT2D eigenvalue weighted by Gasteiger charge is -2.10. The van der Waals surface area contributed by atoms with Crippen molar-refractivity contribution < 1.29 is 9.90 Å². The summed E-state index contributed by atoms with van der Waals surface area (Å²) in [5.41, 5.74) is 3.20. The second-order valence-corrected chi connectivity index (χ2v) is 5.45. The van der Waals surface area contributed by atoms with Crippen LogP contribution in [0.4, 0.5) is 0 Å². The van der Waals surface area contributed by atoms with E-state index >= 15 is 0 Å². The van der Waals surface area contributed by atoms with E-state index < -0.39 is 6.10 Å². The number of para-hydroxylation sites is 1. The van der Waals surface area contributed by atoms with Crippen LogP contribution in [-0.2, 0) is 6.42 Å². The van der Waals surface area contributed by atoms with Gasteiger partial charge in [-0.25, -0.2) is 0 Å². The van der Waals surface area contributed by atoms with Gasteiger partial charge in [0.05, 0.1) is 5.52 Å². The second kappa shape index (κ2) is 6.08. The standard InChI is InChI=1S/C19H17NO2/c1-13-6-8-15(9-7-13)19(22)18(21)12-16-11-10-14-4-2-3-5-17(14)20-16/h2-11,18,21H,12H2,1H3. The molecule has 22 heavy (non-hydrogen) atoms. The molecule has 0 bridgehead atoms. The van der Waals surface area contributed by atoms with Crippen LogP contribution in [0.1, 0.15) is 21.6 Å². The number of hydrogen-bond acceptors (Lipinski definition) is 3. The Morgan fingerprint density at radius 3 is 2.55 bits per heavy atom. The summed E-state index contributed by atoms with van der Waals surface area (Å²) in [6.45, 7) is 1.96. The number of nitrogens with zero attached hydrogens (tertiary/aromatic N) is 1. The maximum atomic E-state index is 12.2. The number of carbonyl (C=O) groups is 1. The zero-order valence-corrected chi connectivity index (χ0v) is 12.4. The summed E-state index contributed by atoms with van der Waals surface area (Å²) >= 11 is 0. The fourth-order valence-electron chi connectivity index (χ4n) is 2.42. The molecular formula is C19H17NO2. The highest BCUT2D eigenvalue weighted by molar-refractivity contribution is 5.99. The van der Waals surface area contributed by atoms with Gasteiger partial charge in [-0.15, -0.1) is 0 Å². The van der Waals surface area contributed by atoms with Crippen molar-refractivity contribution in [3.63, 3.8) is 0 Å². The summed E-state index contributed by atoms with van der Waals surface area (Å²) in [5.74, 6) is -0.269. The molecule has 0 aliphatic heterocycles. The van der Waals surface area contributed by atoms with Crippen molar-refractivity contribution in [3.05, 3.63) is 77.5 Å². The number of Topliss-reactive ketones (excluding diaryl/α,β-unsaturated/α-hetero) is 1. The molecule has 1 unspecified atom stereocenters. The van der Waals surface area contributed by atoms with E-state index in [1.54, 1.807) is 12.1 Å². The molecule has 0 saturated heterocycles. The average molecular weight is 291 g/mol. The molecule has 0 spiro atoms. The van der Waals surface area contributed by atoms with Crippen molar-refractivity contribution in [2.75, 3.05) is 0 Å². The zero-order chi connectivity index (χ0) is 15.5. The second-order valence-electron chi connectivity index (χ2n) is 5.45. The number of carbonyl (C=O) groups excluding carboxylic acids is 1. The van der Waals surface area contributed by atoms with Crippen LogP contribution in [-0.4, -0.2) is 22.0 Å². The monoisotopic (exact) mass is 291 g/mol. The minimum Gasteiger partial charge on any atom is -0.385 e. The number of ketones is 1. The number of hydrogen-bond donors (Lipinski definition) is 1. The highest BCUT2D eigenvalue weighted by Gasteiger charge is 2.18. The molecule has 0 amide bonds. The molecular weight excluding hydrogens is 274 g/mol. The number of aryl methyl sites for hydroxylation is 1. The molecule has 3 heteroatoms. The Kier molecular flexibility index (Phi) is 3.98. The number of benzene rings is 2. The van der Waals surface area contributed by atoms with Crippen LogP contribution in [0.5, 0.6) is 0 Å². The van der Waals surface area contributed by atoms with Crippen LogP contribution in [0.25, 0.3) is 10.9 Å². The fraction of sp³-hybridized carbons (Fsp3) is 0.158. The normalized spacial score (nSPS) is 12.3. The molecule has 3 aromatic rings. The number of aliphatic hydroxyl groups excluding tert-OH is 1. The van der Waals surface area contributed by atoms with Gasteiger partial charge in [-0.2, -0.15) is 0 Å². The lowest BCUT2D eigenvalue weighted by molar-refractivity contribution is 0.0746. The quantitative estimate of drug-likeness (QED) is 0.750. The van der Waals surface area contributed by atoms with E-state index in [4.69, 9.17) is 0 Å². The van der Waals surface area contributed by atoms with Crippen molar-refractivity contribution >= 4 is 16.7 Å². The van der Waals surface area contributed by atoms with Gasteiger partial charge < -0.3 is 5.11 Å². The first-order valence-electron chi connectivity index (χ1n) is 7.27. The Labute approximate surface area is 129 Å². The van der Waals surface area contributed by atoms with Crippen LogP contribution in [0.3, 0.4) is 0 Å². The first-order valence-corrected chi connectivity index (χ1v) is 7.27. The minimum atomic E-state index is -1.07. The number of aromatic nitrogens is 1. The first kappa shape index (κ1) is 14.4. The van der Waals surface area contributed by atoms with Gasteiger partial charge in [0.2, 0.25) is 0 Å². The van der Waals surface area contributed by atoms with E-state index in [2.05, 4.69) is 4.98 Å². The Bertz CT molecular complexity index is 809. The van der Waals surface area contributed by atoms with Gasteiger partial charge >= 0.3 is 0 Å². The van der Waals surface area contributed by atoms with Gasteiger partial charge in [-0.05, 0) is 19.1 Å². The zero-order valence-electron chi connectivity index (χ0n) is 12.4. The summed E-state index contributed by atoms with van der Waals surface area (Å²) in [7, 11) is 0. The van der Waals surface area contributed by atoms with E-state index in [9.17, 15) is 9.90 Å². The number of pyridine rings is 1. The maximum absolute atomic E-state index is 12.2. The molecule has 0 radical (unpaired) electrons. The highest BCUT2D eigenvalue weighted by Crippen LogP contribution is 2.14. The summed E-state index contributed by atoms with van der Waals surface area (Å²) in [6.07, 6.45) is -0.853. The van der Waals surface area contributed by atoms with Crippen LogP contribution in [0.15, 0.2) is 60.7 Å². The van der Waals surface area contributed by atoms with Gasteiger partial charge in [0.25, 0.3) is 0 Å². The molecule has 2 aromatic carbocycles. The first-order chi connectivity index (χ1) is 10.6. The van der Waals surface area contributed by atoms with Crippen molar-refractivity contribution in [3.8, 4) is 0 Å². The lowest BCUT2D eigenvalue weighted by Crippen LogP contribution is -2.23. The predicted molar refractivity (Wildman–Crippen MR) is 87.0 cm³/mol. The van der Waals surface area contributed by atoms with Gasteiger partial charge in [0.15, 0.2) is 5.78 Å². The third kappa shape index (κ3) is 3.05. The van der Waals surface area contributed by atoms with Gasteiger partial charge in [0, 0.05) is 23.1 Å². The van der Waals surface area contributed by atoms with Crippen LogP contribution < -0.4 is 0 Å². The lowest BCUT2D eigenvalue weighted by atomic mass is 10.0. The smallest absolute Gasteiger partial charge is 0.191 e. The predicted octanol–water partition coefficient (Wildman–Crippen LogP) is 3.33. The van der Waals surface area contributed by atoms with Crippen LogP contribution in [0, 0.1) is 6.92 Å². The molecule has 1 atom stereocenters. The molecule has 3 rings (SSSR count). The van der Waals surface area contributed by atoms with Crippen LogP contribution >= 0.6 is 0 Å². The minimum absolute atomic E-state index is 0.220. The summed E-state index contributed by atoms with van der Waals surface area (Å²) < 4.78 is 0. The fourth-order valence-corrected chi connectivity index (χ4v) is 2.42. The number of rotatable bonds is 4. The van der Waals surface area contributed by atoms with Crippen molar-refractivity contribution in [2.24, 2.45) is 0 Å². The van der Waals surface area contributed by atoms with Gasteiger partial charge in [-0.1, -0.05) is 54.1 Å². The maximum Gasteiger partial charge on any atom is 0.191 e. The van der Waals surface area contributed by atoms with E-state index in [0.717, 1.165) is 16.5 Å². The Hall–Kier alpha value is -2.52. The largest absolute Gasteiger partial charge is 0.385 e. The molecule has 110 valence electrons. The molecule has 0 fully saturated rings. The molecule has 1 heterocycles.